The number of hydrogen-bond donors (Lipinski definition) is 2. The SMILES string of the molecule is COc1ccc(/C=C(\NC(=O)c2ccccc2)C(=O)Nc2ccc(I)cc2)cc1OC. The molecule has 0 saturated heterocycles. The van der Waals surface area contributed by atoms with Gasteiger partial charge in [0.2, 0.25) is 0 Å². The van der Waals surface area contributed by atoms with Gasteiger partial charge in [-0.15, -0.1) is 0 Å². The van der Waals surface area contributed by atoms with E-state index >= 15 is 0 Å². The molecule has 2 amide bonds. The second-order valence-corrected chi connectivity index (χ2v) is 7.70. The molecule has 0 aliphatic heterocycles. The predicted molar refractivity (Wildman–Crippen MR) is 129 cm³/mol. The summed E-state index contributed by atoms with van der Waals surface area (Å²) in [6.45, 7) is 0. The van der Waals surface area contributed by atoms with E-state index in [1.165, 1.54) is 7.11 Å². The minimum atomic E-state index is -0.444. The van der Waals surface area contributed by atoms with E-state index in [1.54, 1.807) is 67.8 Å². The summed E-state index contributed by atoms with van der Waals surface area (Å²) in [5, 5.41) is 5.53. The van der Waals surface area contributed by atoms with Crippen LogP contribution in [0.25, 0.3) is 6.08 Å². The van der Waals surface area contributed by atoms with E-state index in [0.717, 1.165) is 3.57 Å². The molecule has 7 heteroatoms. The number of carbonyl (C=O) groups is 2. The summed E-state index contributed by atoms with van der Waals surface area (Å²) < 4.78 is 11.6. The van der Waals surface area contributed by atoms with Crippen molar-refractivity contribution in [2.24, 2.45) is 0 Å². The molecule has 3 rings (SSSR count). The van der Waals surface area contributed by atoms with Gasteiger partial charge in [0.15, 0.2) is 11.5 Å². The van der Waals surface area contributed by atoms with E-state index in [-0.39, 0.29) is 11.6 Å². The molecule has 0 spiro atoms. The number of halogens is 1. The van der Waals surface area contributed by atoms with Crippen molar-refractivity contribution < 1.29 is 19.1 Å². The summed E-state index contributed by atoms with van der Waals surface area (Å²) >= 11 is 2.19. The van der Waals surface area contributed by atoms with Crippen LogP contribution in [-0.4, -0.2) is 26.0 Å². The van der Waals surface area contributed by atoms with Gasteiger partial charge in [0, 0.05) is 14.8 Å². The number of amides is 2. The third-order valence-electron chi connectivity index (χ3n) is 4.35. The molecule has 2 N–H and O–H groups in total. The lowest BCUT2D eigenvalue weighted by atomic mass is 10.1. The predicted octanol–water partition coefficient (Wildman–Crippen LogP) is 4.72. The van der Waals surface area contributed by atoms with E-state index in [9.17, 15) is 9.59 Å². The normalized spacial score (nSPS) is 10.9. The van der Waals surface area contributed by atoms with Crippen LogP contribution in [0, 0.1) is 3.57 Å². The van der Waals surface area contributed by atoms with Crippen molar-refractivity contribution in [3.8, 4) is 11.5 Å². The van der Waals surface area contributed by atoms with Crippen molar-refractivity contribution in [1.29, 1.82) is 0 Å². The first-order valence-electron chi connectivity index (χ1n) is 9.37. The Morgan fingerprint density at radius 3 is 2.19 bits per heavy atom. The smallest absolute Gasteiger partial charge is 0.272 e. The largest absolute Gasteiger partial charge is 0.493 e. The van der Waals surface area contributed by atoms with Gasteiger partial charge in [-0.2, -0.15) is 0 Å². The number of rotatable bonds is 7. The van der Waals surface area contributed by atoms with Crippen LogP contribution in [0.15, 0.2) is 78.5 Å². The Labute approximate surface area is 194 Å². The summed E-state index contributed by atoms with van der Waals surface area (Å²) in [7, 11) is 3.08. The maximum atomic E-state index is 13.0. The highest BCUT2D eigenvalue weighted by Gasteiger charge is 2.15. The number of carbonyl (C=O) groups excluding carboxylic acids is 2. The third kappa shape index (κ3) is 6.08. The van der Waals surface area contributed by atoms with E-state index in [0.29, 0.717) is 28.3 Å². The van der Waals surface area contributed by atoms with Gasteiger partial charge < -0.3 is 20.1 Å². The quantitative estimate of drug-likeness (QED) is 0.344. The first kappa shape index (κ1) is 22.4. The molecule has 0 atom stereocenters. The van der Waals surface area contributed by atoms with Gasteiger partial charge in [-0.1, -0.05) is 24.3 Å². The zero-order chi connectivity index (χ0) is 22.2. The lowest BCUT2D eigenvalue weighted by Crippen LogP contribution is -2.30. The molecule has 0 saturated carbocycles. The molecular weight excluding hydrogens is 507 g/mol. The Morgan fingerprint density at radius 2 is 1.55 bits per heavy atom. The zero-order valence-electron chi connectivity index (χ0n) is 17.0. The van der Waals surface area contributed by atoms with Crippen LogP contribution < -0.4 is 20.1 Å². The van der Waals surface area contributed by atoms with Crippen molar-refractivity contribution >= 4 is 46.2 Å². The Bertz CT molecular complexity index is 1100. The summed E-state index contributed by atoms with van der Waals surface area (Å²) in [5.41, 5.74) is 1.83. The number of benzene rings is 3. The summed E-state index contributed by atoms with van der Waals surface area (Å²) in [6, 6.07) is 21.3. The molecule has 0 aliphatic rings. The standard InChI is InChI=1S/C24H21IN2O4/c1-30-21-13-8-16(15-22(21)31-2)14-20(27-23(28)17-6-4-3-5-7-17)24(29)26-19-11-9-18(25)10-12-19/h3-15H,1-2H3,(H,26,29)(H,27,28)/b20-14-. The monoisotopic (exact) mass is 528 g/mol. The fourth-order valence-corrected chi connectivity index (χ4v) is 3.14. The van der Waals surface area contributed by atoms with E-state index in [2.05, 4.69) is 33.2 Å². The molecule has 0 aromatic heterocycles. The van der Waals surface area contributed by atoms with Crippen LogP contribution in [0.1, 0.15) is 15.9 Å². The molecule has 0 heterocycles. The van der Waals surface area contributed by atoms with Gasteiger partial charge in [0.25, 0.3) is 11.8 Å². The molecule has 0 bridgehead atoms. The van der Waals surface area contributed by atoms with Gasteiger partial charge in [-0.25, -0.2) is 0 Å². The maximum Gasteiger partial charge on any atom is 0.272 e. The van der Waals surface area contributed by atoms with Crippen molar-refractivity contribution in [3.05, 3.63) is 93.2 Å². The maximum absolute atomic E-state index is 13.0. The number of methoxy groups -OCH3 is 2. The fraction of sp³-hybridized carbons (Fsp3) is 0.0833. The molecule has 3 aromatic carbocycles. The minimum Gasteiger partial charge on any atom is -0.493 e. The van der Waals surface area contributed by atoms with Crippen molar-refractivity contribution in [1.82, 2.24) is 5.32 Å². The highest BCUT2D eigenvalue weighted by Crippen LogP contribution is 2.28. The van der Waals surface area contributed by atoms with Gasteiger partial charge in [-0.3, -0.25) is 9.59 Å². The van der Waals surface area contributed by atoms with E-state index < -0.39 is 5.91 Å². The first-order chi connectivity index (χ1) is 15.0. The Hall–Kier alpha value is -3.33. The Kier molecular flexibility index (Phi) is 7.66. The highest BCUT2D eigenvalue weighted by molar-refractivity contribution is 14.1. The van der Waals surface area contributed by atoms with Crippen LogP contribution in [-0.2, 0) is 4.79 Å². The fourth-order valence-electron chi connectivity index (χ4n) is 2.78. The lowest BCUT2D eigenvalue weighted by Gasteiger charge is -2.12. The summed E-state index contributed by atoms with van der Waals surface area (Å²) in [6.07, 6.45) is 1.59. The van der Waals surface area contributed by atoms with Gasteiger partial charge >= 0.3 is 0 Å². The van der Waals surface area contributed by atoms with Crippen molar-refractivity contribution in [2.75, 3.05) is 19.5 Å². The first-order valence-corrected chi connectivity index (χ1v) is 10.4. The second kappa shape index (κ2) is 10.6. The molecule has 0 fully saturated rings. The number of ether oxygens (including phenoxy) is 2. The van der Waals surface area contributed by atoms with Crippen molar-refractivity contribution in [3.63, 3.8) is 0 Å². The van der Waals surface area contributed by atoms with Gasteiger partial charge in [0.05, 0.1) is 14.2 Å². The second-order valence-electron chi connectivity index (χ2n) is 6.45. The topological polar surface area (TPSA) is 76.7 Å². The molecular formula is C24H21IN2O4. The number of anilines is 1. The summed E-state index contributed by atoms with van der Waals surface area (Å²) in [5.74, 6) is 0.256. The lowest BCUT2D eigenvalue weighted by molar-refractivity contribution is -0.113. The van der Waals surface area contributed by atoms with Gasteiger partial charge in [0.1, 0.15) is 5.70 Å². The molecule has 0 unspecified atom stereocenters. The zero-order valence-corrected chi connectivity index (χ0v) is 19.2. The number of nitrogens with one attached hydrogen (secondary N) is 2. The third-order valence-corrected chi connectivity index (χ3v) is 5.07. The molecule has 3 aromatic rings. The molecule has 31 heavy (non-hydrogen) atoms. The van der Waals surface area contributed by atoms with Crippen LogP contribution in [0.4, 0.5) is 5.69 Å². The molecule has 6 nitrogen and oxygen atoms in total. The van der Waals surface area contributed by atoms with E-state index in [1.807, 2.05) is 18.2 Å². The van der Waals surface area contributed by atoms with Gasteiger partial charge in [-0.05, 0) is 82.8 Å². The molecule has 0 radical (unpaired) electrons. The van der Waals surface area contributed by atoms with Crippen LogP contribution >= 0.6 is 22.6 Å². The molecule has 158 valence electrons. The minimum absolute atomic E-state index is 0.0969. The van der Waals surface area contributed by atoms with Crippen LogP contribution in [0.2, 0.25) is 0 Å². The van der Waals surface area contributed by atoms with Crippen LogP contribution in [0.5, 0.6) is 11.5 Å². The Balaban J connectivity index is 1.92. The average molecular weight is 528 g/mol. The average Bonchev–Trinajstić information content (AvgIpc) is 2.80. The van der Waals surface area contributed by atoms with Crippen molar-refractivity contribution in [2.45, 2.75) is 0 Å². The number of hydrogen-bond acceptors (Lipinski definition) is 4. The summed E-state index contributed by atoms with van der Waals surface area (Å²) in [4.78, 5) is 25.7. The van der Waals surface area contributed by atoms with E-state index in [4.69, 9.17) is 9.47 Å². The Morgan fingerprint density at radius 1 is 0.871 bits per heavy atom. The highest BCUT2D eigenvalue weighted by atomic mass is 127. The molecule has 0 aliphatic carbocycles. The van der Waals surface area contributed by atoms with Crippen LogP contribution in [0.3, 0.4) is 0 Å².